The Balaban J connectivity index is 1.45. The standard InChI is InChI=1S/C33H36F3N5O4/c1-20-6-4-5-7-27(20)21(2)19-44-33(43)40-25-13-23(31(29(36)14-25)45-26(15-34)16-35)18-41(3)30(42)17-39-24-8-9-28-22(12-24)10-11-38-32(28)37/h4-14,21,26,39H,15-19H2,1-3H3,(H2,37,38)(H,40,43). The number of carbonyl (C=O) groups is 2. The molecule has 4 rings (SSSR count). The van der Waals surface area contributed by atoms with Crippen LogP contribution in [0.1, 0.15) is 29.5 Å². The molecule has 0 saturated carbocycles. The molecule has 2 amide bonds. The lowest BCUT2D eigenvalue weighted by Crippen LogP contribution is -2.32. The Morgan fingerprint density at radius 3 is 2.53 bits per heavy atom. The van der Waals surface area contributed by atoms with Gasteiger partial charge in [0.25, 0.3) is 0 Å². The highest BCUT2D eigenvalue weighted by molar-refractivity contribution is 5.93. The lowest BCUT2D eigenvalue weighted by molar-refractivity contribution is -0.128. The van der Waals surface area contributed by atoms with E-state index in [0.29, 0.717) is 11.5 Å². The Labute approximate surface area is 259 Å². The van der Waals surface area contributed by atoms with Gasteiger partial charge in [0.1, 0.15) is 19.2 Å². The van der Waals surface area contributed by atoms with Gasteiger partial charge in [0.2, 0.25) is 5.91 Å². The van der Waals surface area contributed by atoms with Crippen LogP contribution >= 0.6 is 0 Å². The van der Waals surface area contributed by atoms with Crippen molar-refractivity contribution in [3.8, 4) is 5.75 Å². The fourth-order valence-electron chi connectivity index (χ4n) is 4.79. The number of nitrogens with two attached hydrogens (primary N) is 1. The molecule has 0 aliphatic carbocycles. The molecular formula is C33H36F3N5O4. The molecule has 12 heteroatoms. The number of anilines is 3. The van der Waals surface area contributed by atoms with Crippen LogP contribution in [0, 0.1) is 12.7 Å². The quantitative estimate of drug-likeness (QED) is 0.158. The van der Waals surface area contributed by atoms with Crippen molar-refractivity contribution in [1.29, 1.82) is 0 Å². The number of nitrogens with one attached hydrogen (secondary N) is 2. The maximum absolute atomic E-state index is 15.3. The average molecular weight is 624 g/mol. The molecule has 4 aromatic rings. The maximum atomic E-state index is 15.3. The molecule has 45 heavy (non-hydrogen) atoms. The van der Waals surface area contributed by atoms with Crippen LogP contribution in [0.25, 0.3) is 10.8 Å². The number of benzene rings is 3. The number of nitrogen functional groups attached to an aromatic ring is 1. The fourth-order valence-corrected chi connectivity index (χ4v) is 4.79. The van der Waals surface area contributed by atoms with Crippen molar-refractivity contribution in [2.75, 3.05) is 49.9 Å². The number of hydrogen-bond donors (Lipinski definition) is 3. The number of pyridine rings is 1. The molecule has 4 N–H and O–H groups in total. The van der Waals surface area contributed by atoms with E-state index in [9.17, 15) is 18.4 Å². The number of likely N-dealkylation sites (N-methyl/N-ethyl adjacent to an activating group) is 1. The first-order valence-electron chi connectivity index (χ1n) is 14.3. The third-order valence-electron chi connectivity index (χ3n) is 7.25. The van der Waals surface area contributed by atoms with Crippen LogP contribution in [0.3, 0.4) is 0 Å². The first-order valence-corrected chi connectivity index (χ1v) is 14.3. The number of aromatic nitrogens is 1. The molecule has 0 spiro atoms. The normalized spacial score (nSPS) is 11.7. The van der Waals surface area contributed by atoms with Gasteiger partial charge in [-0.2, -0.15) is 0 Å². The topological polar surface area (TPSA) is 119 Å². The molecular weight excluding hydrogens is 587 g/mol. The van der Waals surface area contributed by atoms with Crippen molar-refractivity contribution in [2.24, 2.45) is 0 Å². The highest BCUT2D eigenvalue weighted by Crippen LogP contribution is 2.30. The number of fused-ring (bicyclic) bond motifs is 1. The molecule has 238 valence electrons. The SMILES string of the molecule is Cc1ccccc1C(C)COC(=O)Nc1cc(F)c(OC(CF)CF)c(CN(C)C(=O)CNc2ccc3c(N)nccc3c2)c1. The van der Waals surface area contributed by atoms with Crippen LogP contribution in [0.5, 0.6) is 5.75 Å². The van der Waals surface area contributed by atoms with Gasteiger partial charge in [-0.15, -0.1) is 0 Å². The summed E-state index contributed by atoms with van der Waals surface area (Å²) in [5, 5.41) is 7.15. The number of carbonyl (C=O) groups excluding carboxylic acids is 2. The van der Waals surface area contributed by atoms with E-state index < -0.39 is 37.1 Å². The lowest BCUT2D eigenvalue weighted by Gasteiger charge is -2.23. The van der Waals surface area contributed by atoms with Gasteiger partial charge in [-0.05, 0) is 53.8 Å². The highest BCUT2D eigenvalue weighted by atomic mass is 19.1. The summed E-state index contributed by atoms with van der Waals surface area (Å²) in [4.78, 5) is 31.0. The highest BCUT2D eigenvalue weighted by Gasteiger charge is 2.22. The zero-order valence-corrected chi connectivity index (χ0v) is 25.3. The molecule has 0 aliphatic heterocycles. The van der Waals surface area contributed by atoms with E-state index in [0.717, 1.165) is 28.0 Å². The Bertz CT molecular complexity index is 1650. The Morgan fingerprint density at radius 2 is 1.80 bits per heavy atom. The van der Waals surface area contributed by atoms with Crippen molar-refractivity contribution in [1.82, 2.24) is 9.88 Å². The number of halogens is 3. The summed E-state index contributed by atoms with van der Waals surface area (Å²) in [5.41, 5.74) is 8.77. The zero-order chi connectivity index (χ0) is 32.5. The Hall–Kier alpha value is -5.00. The number of amides is 2. The van der Waals surface area contributed by atoms with Crippen LogP contribution in [-0.4, -0.2) is 61.5 Å². The smallest absolute Gasteiger partial charge is 0.411 e. The molecule has 0 bridgehead atoms. The van der Waals surface area contributed by atoms with Crippen LogP contribution in [-0.2, 0) is 16.1 Å². The largest absolute Gasteiger partial charge is 0.482 e. The number of ether oxygens (including phenoxy) is 2. The maximum Gasteiger partial charge on any atom is 0.411 e. The van der Waals surface area contributed by atoms with E-state index in [1.54, 1.807) is 24.4 Å². The van der Waals surface area contributed by atoms with Gasteiger partial charge in [0.15, 0.2) is 17.7 Å². The average Bonchev–Trinajstić information content (AvgIpc) is 3.02. The molecule has 0 fully saturated rings. The summed E-state index contributed by atoms with van der Waals surface area (Å²) in [5.74, 6) is -1.45. The molecule has 0 radical (unpaired) electrons. The molecule has 9 nitrogen and oxygen atoms in total. The fraction of sp³-hybridized carbons (Fsp3) is 0.303. The summed E-state index contributed by atoms with van der Waals surface area (Å²) in [7, 11) is 1.49. The second-order valence-electron chi connectivity index (χ2n) is 10.7. The van der Waals surface area contributed by atoms with Crippen molar-refractivity contribution < 1.29 is 32.2 Å². The zero-order valence-electron chi connectivity index (χ0n) is 25.3. The molecule has 0 aliphatic rings. The van der Waals surface area contributed by atoms with Crippen LogP contribution in [0.15, 0.2) is 66.9 Å². The van der Waals surface area contributed by atoms with E-state index in [-0.39, 0.29) is 42.8 Å². The lowest BCUT2D eigenvalue weighted by atomic mass is 9.97. The molecule has 1 unspecified atom stereocenters. The second-order valence-corrected chi connectivity index (χ2v) is 10.7. The van der Waals surface area contributed by atoms with Crippen molar-refractivity contribution in [2.45, 2.75) is 32.4 Å². The number of rotatable bonds is 13. The number of nitrogens with zero attached hydrogens (tertiary/aromatic N) is 2. The van der Waals surface area contributed by atoms with E-state index in [2.05, 4.69) is 15.6 Å². The minimum absolute atomic E-state index is 0.0179. The van der Waals surface area contributed by atoms with Gasteiger partial charge in [-0.1, -0.05) is 31.2 Å². The number of alkyl halides is 2. The van der Waals surface area contributed by atoms with Gasteiger partial charge < -0.3 is 25.4 Å². The monoisotopic (exact) mass is 623 g/mol. The van der Waals surface area contributed by atoms with Crippen LogP contribution in [0.4, 0.5) is 35.2 Å². The van der Waals surface area contributed by atoms with Crippen molar-refractivity contribution in [3.05, 3.63) is 89.4 Å². The van der Waals surface area contributed by atoms with Crippen molar-refractivity contribution in [3.63, 3.8) is 0 Å². The molecule has 1 aromatic heterocycles. The summed E-state index contributed by atoms with van der Waals surface area (Å²) in [6.45, 7) is 1.29. The first kappa shape index (κ1) is 32.9. The molecule has 0 saturated heterocycles. The Kier molecular flexibility index (Phi) is 11.1. The summed E-state index contributed by atoms with van der Waals surface area (Å²) in [6.07, 6.45) is -0.768. The van der Waals surface area contributed by atoms with Gasteiger partial charge in [0.05, 0.1) is 13.2 Å². The van der Waals surface area contributed by atoms with E-state index in [1.807, 2.05) is 44.2 Å². The molecule has 1 heterocycles. The third kappa shape index (κ3) is 8.55. The second kappa shape index (κ2) is 15.1. The van der Waals surface area contributed by atoms with Gasteiger partial charge in [-0.3, -0.25) is 10.1 Å². The van der Waals surface area contributed by atoms with E-state index in [4.69, 9.17) is 15.2 Å². The van der Waals surface area contributed by atoms with Crippen LogP contribution < -0.4 is 21.1 Å². The third-order valence-corrected chi connectivity index (χ3v) is 7.25. The summed E-state index contributed by atoms with van der Waals surface area (Å²) >= 11 is 0. The molecule has 3 aromatic carbocycles. The van der Waals surface area contributed by atoms with E-state index >= 15 is 4.39 Å². The van der Waals surface area contributed by atoms with Gasteiger partial charge in [-0.25, -0.2) is 22.9 Å². The van der Waals surface area contributed by atoms with Gasteiger partial charge in [0, 0.05) is 54.1 Å². The van der Waals surface area contributed by atoms with E-state index in [1.165, 1.54) is 18.0 Å². The Morgan fingerprint density at radius 1 is 1.04 bits per heavy atom. The van der Waals surface area contributed by atoms with Gasteiger partial charge >= 0.3 is 6.09 Å². The number of hydrogen-bond acceptors (Lipinski definition) is 7. The first-order chi connectivity index (χ1) is 21.6. The minimum atomic E-state index is -1.54. The molecule has 1 atom stereocenters. The summed E-state index contributed by atoms with van der Waals surface area (Å²) in [6, 6.07) is 17.2. The predicted molar refractivity (Wildman–Crippen MR) is 168 cm³/mol. The predicted octanol–water partition coefficient (Wildman–Crippen LogP) is 6.37. The van der Waals surface area contributed by atoms with Crippen molar-refractivity contribution >= 4 is 40.0 Å². The number of aryl methyl sites for hydroxylation is 1. The minimum Gasteiger partial charge on any atom is -0.482 e. The summed E-state index contributed by atoms with van der Waals surface area (Å²) < 4.78 is 52.5. The van der Waals surface area contributed by atoms with Crippen LogP contribution in [0.2, 0.25) is 0 Å².